The van der Waals surface area contributed by atoms with Crippen LogP contribution in [0.5, 0.6) is 11.5 Å². The summed E-state index contributed by atoms with van der Waals surface area (Å²) in [6.45, 7) is 0. The molecule has 0 bridgehead atoms. The van der Waals surface area contributed by atoms with E-state index < -0.39 is 0 Å². The van der Waals surface area contributed by atoms with E-state index in [1.165, 1.54) is 24.3 Å². The third-order valence-corrected chi connectivity index (χ3v) is 0.850. The topological polar surface area (TPSA) is 70.5 Å². The fraction of sp³-hybridized carbons (Fsp3) is 0. The monoisotopic (exact) mass is 150 g/mol. The third-order valence-electron chi connectivity index (χ3n) is 0.850. The van der Waals surface area contributed by atoms with Gasteiger partial charge in [0.15, 0.2) is 0 Å². The first-order valence-electron chi connectivity index (χ1n) is 2.27. The third kappa shape index (κ3) is 3.74. The van der Waals surface area contributed by atoms with Crippen molar-refractivity contribution in [2.75, 3.05) is 0 Å². The van der Waals surface area contributed by atoms with Gasteiger partial charge >= 0.3 is 29.6 Å². The molecule has 0 saturated carbocycles. The van der Waals surface area contributed by atoms with Crippen LogP contribution in [0, 0.1) is 0 Å². The van der Waals surface area contributed by atoms with E-state index in [0.29, 0.717) is 0 Å². The Morgan fingerprint density at radius 1 is 0.800 bits per heavy atom. The Bertz CT molecular complexity index is 152. The summed E-state index contributed by atoms with van der Waals surface area (Å²) in [7, 11) is 0. The fourth-order valence-corrected chi connectivity index (χ4v) is 0.453. The van der Waals surface area contributed by atoms with Gasteiger partial charge in [-0.3, -0.25) is 0 Å². The molecule has 0 radical (unpaired) electrons. The Hall–Kier alpha value is -0.220. The van der Waals surface area contributed by atoms with Gasteiger partial charge < -0.3 is 15.7 Å². The molecule has 0 atom stereocenters. The van der Waals surface area contributed by atoms with Crippen LogP contribution in [0.25, 0.3) is 0 Å². The number of aromatic hydroxyl groups is 2. The van der Waals surface area contributed by atoms with Gasteiger partial charge in [-0.05, 0) is 24.3 Å². The minimum absolute atomic E-state index is 0. The molecule has 0 aromatic heterocycles. The average molecular weight is 150 g/mol. The minimum atomic E-state index is 0. The molecule has 0 amide bonds. The zero-order valence-corrected chi connectivity index (χ0v) is 7.65. The van der Waals surface area contributed by atoms with Gasteiger partial charge in [-0.2, -0.15) is 0 Å². The molecule has 0 aliphatic rings. The largest absolute Gasteiger partial charge is 1.00 e. The van der Waals surface area contributed by atoms with Crippen molar-refractivity contribution >= 4 is 0 Å². The standard InChI is InChI=1S/C6H6O2.Na.H2O/c7-5-1-2-6(8)4-3-5;;/h1-4,7-8H;;1H2/q;+1;/p-1. The molecule has 4 heteroatoms. The molecule has 1 aromatic rings. The van der Waals surface area contributed by atoms with Crippen LogP contribution in [-0.4, -0.2) is 15.7 Å². The smallest absolute Gasteiger partial charge is 0.870 e. The maximum absolute atomic E-state index is 8.65. The van der Waals surface area contributed by atoms with Gasteiger partial charge in [0, 0.05) is 0 Å². The van der Waals surface area contributed by atoms with Gasteiger partial charge in [-0.15, -0.1) is 0 Å². The van der Waals surface area contributed by atoms with Crippen molar-refractivity contribution in [2.45, 2.75) is 0 Å². The van der Waals surface area contributed by atoms with E-state index in [1.54, 1.807) is 0 Å². The zero-order chi connectivity index (χ0) is 5.98. The van der Waals surface area contributed by atoms with Crippen molar-refractivity contribution in [1.29, 1.82) is 0 Å². The number of hydrogen-bond acceptors (Lipinski definition) is 3. The normalized spacial score (nSPS) is 7.20. The number of benzene rings is 1. The summed E-state index contributed by atoms with van der Waals surface area (Å²) in [5.74, 6) is 0.339. The molecule has 0 saturated heterocycles. The zero-order valence-electron chi connectivity index (χ0n) is 5.65. The summed E-state index contributed by atoms with van der Waals surface area (Å²) in [5.41, 5.74) is 0. The van der Waals surface area contributed by atoms with Crippen LogP contribution >= 0.6 is 0 Å². The maximum atomic E-state index is 8.65. The quantitative estimate of drug-likeness (QED) is 0.329. The number of rotatable bonds is 0. The molecular formula is C6H7NaO3. The number of phenols is 2. The van der Waals surface area contributed by atoms with Crippen molar-refractivity contribution in [2.24, 2.45) is 0 Å². The van der Waals surface area contributed by atoms with E-state index in [9.17, 15) is 0 Å². The molecule has 0 spiro atoms. The molecule has 1 aromatic carbocycles. The van der Waals surface area contributed by atoms with Crippen LogP contribution in [0.15, 0.2) is 24.3 Å². The molecule has 3 N–H and O–H groups in total. The number of phenolic OH excluding ortho intramolecular Hbond substituents is 2. The van der Waals surface area contributed by atoms with Gasteiger partial charge in [0.1, 0.15) is 11.5 Å². The Morgan fingerprint density at radius 2 is 1.00 bits per heavy atom. The Kier molecular flexibility index (Phi) is 6.92. The second-order valence-corrected chi connectivity index (χ2v) is 1.52. The molecule has 0 heterocycles. The van der Waals surface area contributed by atoms with Crippen LogP contribution in [-0.2, 0) is 0 Å². The molecule has 0 aliphatic heterocycles. The molecule has 1 rings (SSSR count). The summed E-state index contributed by atoms with van der Waals surface area (Å²) >= 11 is 0. The molecular weight excluding hydrogens is 143 g/mol. The second-order valence-electron chi connectivity index (χ2n) is 1.52. The Balaban J connectivity index is 0. The Labute approximate surface area is 80.9 Å². The van der Waals surface area contributed by atoms with E-state index in [4.69, 9.17) is 10.2 Å². The molecule has 0 aliphatic carbocycles. The summed E-state index contributed by atoms with van der Waals surface area (Å²) in [6.07, 6.45) is 0. The van der Waals surface area contributed by atoms with Gasteiger partial charge in [-0.1, -0.05) is 0 Å². The van der Waals surface area contributed by atoms with Gasteiger partial charge in [0.05, 0.1) is 0 Å². The van der Waals surface area contributed by atoms with Crippen molar-refractivity contribution in [3.05, 3.63) is 24.3 Å². The van der Waals surface area contributed by atoms with Gasteiger partial charge in [0.25, 0.3) is 0 Å². The van der Waals surface area contributed by atoms with Crippen molar-refractivity contribution < 1.29 is 45.2 Å². The fourth-order valence-electron chi connectivity index (χ4n) is 0.453. The first-order valence-corrected chi connectivity index (χ1v) is 2.27. The van der Waals surface area contributed by atoms with Crippen LogP contribution in [0.1, 0.15) is 0 Å². The van der Waals surface area contributed by atoms with Crippen LogP contribution < -0.4 is 29.6 Å². The minimum Gasteiger partial charge on any atom is -0.870 e. The van der Waals surface area contributed by atoms with E-state index >= 15 is 0 Å². The molecule has 0 fully saturated rings. The predicted molar refractivity (Wildman–Crippen MR) is 31.7 cm³/mol. The Morgan fingerprint density at radius 3 is 1.20 bits per heavy atom. The summed E-state index contributed by atoms with van der Waals surface area (Å²) in [6, 6.07) is 5.70. The summed E-state index contributed by atoms with van der Waals surface area (Å²) in [5, 5.41) is 17.3. The van der Waals surface area contributed by atoms with Gasteiger partial charge in [-0.25, -0.2) is 0 Å². The first kappa shape index (κ1) is 12.5. The molecule has 10 heavy (non-hydrogen) atoms. The summed E-state index contributed by atoms with van der Waals surface area (Å²) < 4.78 is 0. The first-order chi connectivity index (χ1) is 3.79. The van der Waals surface area contributed by atoms with E-state index in [0.717, 1.165) is 0 Å². The van der Waals surface area contributed by atoms with Gasteiger partial charge in [0.2, 0.25) is 0 Å². The summed E-state index contributed by atoms with van der Waals surface area (Å²) in [4.78, 5) is 0. The van der Waals surface area contributed by atoms with Crippen molar-refractivity contribution in [3.63, 3.8) is 0 Å². The SMILES string of the molecule is Oc1ccc(O)cc1.[Na+].[OH-]. The molecule has 0 unspecified atom stereocenters. The number of hydrogen-bond donors (Lipinski definition) is 2. The van der Waals surface area contributed by atoms with E-state index in [2.05, 4.69) is 0 Å². The molecule has 3 nitrogen and oxygen atoms in total. The predicted octanol–water partition coefficient (Wildman–Crippen LogP) is -2.08. The maximum Gasteiger partial charge on any atom is 1.00 e. The second kappa shape index (κ2) is 5.56. The van der Waals surface area contributed by atoms with E-state index in [-0.39, 0.29) is 46.5 Å². The van der Waals surface area contributed by atoms with E-state index in [1.807, 2.05) is 0 Å². The molecule has 50 valence electrons. The van der Waals surface area contributed by atoms with Crippen LogP contribution in [0.3, 0.4) is 0 Å². The van der Waals surface area contributed by atoms with Crippen LogP contribution in [0.4, 0.5) is 0 Å². The van der Waals surface area contributed by atoms with Crippen LogP contribution in [0.2, 0.25) is 0 Å². The van der Waals surface area contributed by atoms with Crippen molar-refractivity contribution in [3.8, 4) is 11.5 Å². The van der Waals surface area contributed by atoms with Crippen molar-refractivity contribution in [1.82, 2.24) is 0 Å². The average Bonchev–Trinajstić information content (AvgIpc) is 1.77.